The molecule has 0 radical (unpaired) electrons. The van der Waals surface area contributed by atoms with Crippen LogP contribution < -0.4 is 10.6 Å². The van der Waals surface area contributed by atoms with E-state index < -0.39 is 17.8 Å². The quantitative estimate of drug-likeness (QED) is 0.906. The molecule has 0 aliphatic heterocycles. The average molecular weight is 326 g/mol. The van der Waals surface area contributed by atoms with Gasteiger partial charge in [0.15, 0.2) is 5.69 Å². The fraction of sp³-hybridized carbons (Fsp3) is 0.214. The van der Waals surface area contributed by atoms with Crippen LogP contribution in [-0.4, -0.2) is 21.6 Å². The van der Waals surface area contributed by atoms with Gasteiger partial charge in [0, 0.05) is 24.5 Å². The molecular formula is C14H13F3N4O2. The molecule has 0 aliphatic rings. The Morgan fingerprint density at radius 3 is 2.13 bits per heavy atom. The molecule has 6 nitrogen and oxygen atoms in total. The lowest BCUT2D eigenvalue weighted by molar-refractivity contribution is -0.141. The third-order valence-electron chi connectivity index (χ3n) is 2.73. The number of anilines is 2. The monoisotopic (exact) mass is 326 g/mol. The van der Waals surface area contributed by atoms with Gasteiger partial charge in [-0.2, -0.15) is 18.3 Å². The molecule has 2 N–H and O–H groups in total. The van der Waals surface area contributed by atoms with Crippen LogP contribution in [0.2, 0.25) is 0 Å². The van der Waals surface area contributed by atoms with Crippen molar-refractivity contribution >= 4 is 23.2 Å². The highest BCUT2D eigenvalue weighted by Gasteiger charge is 2.33. The topological polar surface area (TPSA) is 76.0 Å². The second-order valence-corrected chi connectivity index (χ2v) is 4.70. The van der Waals surface area contributed by atoms with Crippen molar-refractivity contribution in [2.24, 2.45) is 0 Å². The van der Waals surface area contributed by atoms with Gasteiger partial charge in [0.05, 0.1) is 0 Å². The molecule has 1 aromatic heterocycles. The molecule has 1 aromatic carbocycles. The summed E-state index contributed by atoms with van der Waals surface area (Å²) in [6.45, 7) is 1.03. The fourth-order valence-electron chi connectivity index (χ4n) is 1.79. The number of carbonyl (C=O) groups is 2. The number of aromatic nitrogens is 2. The number of hydrogen-bond donors (Lipinski definition) is 2. The highest BCUT2D eigenvalue weighted by Crippen LogP contribution is 2.27. The maximum atomic E-state index is 12.4. The van der Waals surface area contributed by atoms with Gasteiger partial charge in [0.2, 0.25) is 11.8 Å². The zero-order valence-electron chi connectivity index (χ0n) is 12.0. The molecule has 2 rings (SSSR count). The molecule has 0 bridgehead atoms. The lowest BCUT2D eigenvalue weighted by Crippen LogP contribution is -2.19. The van der Waals surface area contributed by atoms with Gasteiger partial charge in [-0.25, -0.2) is 0 Å². The van der Waals surface area contributed by atoms with Crippen LogP contribution in [0.25, 0.3) is 0 Å². The summed E-state index contributed by atoms with van der Waals surface area (Å²) < 4.78 is 38.1. The smallest absolute Gasteiger partial charge is 0.326 e. The van der Waals surface area contributed by atoms with E-state index in [4.69, 9.17) is 0 Å². The van der Waals surface area contributed by atoms with E-state index in [1.54, 1.807) is 24.3 Å². The Labute approximate surface area is 129 Å². The summed E-state index contributed by atoms with van der Waals surface area (Å²) in [7, 11) is 0. The normalized spacial score (nSPS) is 11.1. The number of carbonyl (C=O) groups excluding carboxylic acids is 2. The average Bonchev–Trinajstić information content (AvgIpc) is 2.89. The van der Waals surface area contributed by atoms with Crippen molar-refractivity contribution in [1.82, 2.24) is 9.78 Å². The number of nitrogens with zero attached hydrogens (tertiary/aromatic N) is 2. The minimum absolute atomic E-state index is 0.221. The number of benzene rings is 1. The van der Waals surface area contributed by atoms with E-state index in [-0.39, 0.29) is 12.5 Å². The number of rotatable bonds is 4. The highest BCUT2D eigenvalue weighted by atomic mass is 19.4. The fourth-order valence-corrected chi connectivity index (χ4v) is 1.79. The Kier molecular flexibility index (Phi) is 4.68. The molecule has 9 heteroatoms. The van der Waals surface area contributed by atoms with Crippen molar-refractivity contribution in [2.75, 3.05) is 10.6 Å². The SMILES string of the molecule is CC(=O)Nc1ccc(NC(=O)Cn2ccc(C(F)(F)F)n2)cc1. The number of alkyl halides is 3. The van der Waals surface area contributed by atoms with Crippen molar-refractivity contribution in [2.45, 2.75) is 19.6 Å². The van der Waals surface area contributed by atoms with E-state index in [2.05, 4.69) is 15.7 Å². The van der Waals surface area contributed by atoms with Gasteiger partial charge in [-0.3, -0.25) is 14.3 Å². The van der Waals surface area contributed by atoms with E-state index in [1.807, 2.05) is 0 Å². The molecule has 0 unspecified atom stereocenters. The summed E-state index contributed by atoms with van der Waals surface area (Å²) in [5.41, 5.74) is -0.0327. The van der Waals surface area contributed by atoms with E-state index in [0.29, 0.717) is 11.4 Å². The van der Waals surface area contributed by atoms with Crippen LogP contribution in [0.15, 0.2) is 36.5 Å². The third-order valence-corrected chi connectivity index (χ3v) is 2.73. The van der Waals surface area contributed by atoms with Crippen LogP contribution in [0, 0.1) is 0 Å². The van der Waals surface area contributed by atoms with Gasteiger partial charge < -0.3 is 10.6 Å². The second kappa shape index (κ2) is 6.51. The summed E-state index contributed by atoms with van der Waals surface area (Å²) in [4.78, 5) is 22.7. The Bertz CT molecular complexity index is 708. The molecular weight excluding hydrogens is 313 g/mol. The highest BCUT2D eigenvalue weighted by molar-refractivity contribution is 5.92. The molecule has 0 saturated heterocycles. The van der Waals surface area contributed by atoms with Crippen molar-refractivity contribution in [3.8, 4) is 0 Å². The van der Waals surface area contributed by atoms with E-state index in [9.17, 15) is 22.8 Å². The molecule has 23 heavy (non-hydrogen) atoms. The molecule has 2 amide bonds. The predicted molar refractivity (Wildman–Crippen MR) is 76.6 cm³/mol. The molecule has 0 fully saturated rings. The van der Waals surface area contributed by atoms with E-state index in [0.717, 1.165) is 16.9 Å². The van der Waals surface area contributed by atoms with Crippen molar-refractivity contribution in [3.63, 3.8) is 0 Å². The molecule has 2 aromatic rings. The number of hydrogen-bond acceptors (Lipinski definition) is 3. The maximum absolute atomic E-state index is 12.4. The maximum Gasteiger partial charge on any atom is 0.435 e. The van der Waals surface area contributed by atoms with Crippen LogP contribution in [-0.2, 0) is 22.3 Å². The Morgan fingerprint density at radius 1 is 1.09 bits per heavy atom. The van der Waals surface area contributed by atoms with Gasteiger partial charge in [-0.15, -0.1) is 0 Å². The first kappa shape index (κ1) is 16.5. The van der Waals surface area contributed by atoms with Gasteiger partial charge in [0.25, 0.3) is 0 Å². The first-order chi connectivity index (χ1) is 10.7. The largest absolute Gasteiger partial charge is 0.435 e. The number of halogens is 3. The van der Waals surface area contributed by atoms with E-state index in [1.165, 1.54) is 6.92 Å². The summed E-state index contributed by atoms with van der Waals surface area (Å²) in [6.07, 6.45) is -3.45. The molecule has 0 spiro atoms. The Morgan fingerprint density at radius 2 is 1.65 bits per heavy atom. The molecule has 0 saturated carbocycles. The van der Waals surface area contributed by atoms with E-state index >= 15 is 0 Å². The molecule has 122 valence electrons. The zero-order chi connectivity index (χ0) is 17.0. The Balaban J connectivity index is 1.94. The molecule has 0 atom stereocenters. The van der Waals surface area contributed by atoms with Crippen molar-refractivity contribution in [1.29, 1.82) is 0 Å². The predicted octanol–water partition coefficient (Wildman–Crippen LogP) is 2.50. The first-order valence-corrected chi connectivity index (χ1v) is 6.52. The first-order valence-electron chi connectivity index (χ1n) is 6.52. The minimum Gasteiger partial charge on any atom is -0.326 e. The zero-order valence-corrected chi connectivity index (χ0v) is 12.0. The summed E-state index contributed by atoms with van der Waals surface area (Å²) >= 11 is 0. The van der Waals surface area contributed by atoms with Gasteiger partial charge >= 0.3 is 6.18 Å². The summed E-state index contributed by atoms with van der Waals surface area (Å²) in [5.74, 6) is -0.741. The van der Waals surface area contributed by atoms with Gasteiger partial charge in [-0.05, 0) is 30.3 Å². The molecule has 0 aliphatic carbocycles. The standard InChI is InChI=1S/C14H13F3N4O2/c1-9(22)18-10-2-4-11(5-3-10)19-13(23)8-21-7-6-12(20-21)14(15,16)17/h2-7H,8H2,1H3,(H,18,22)(H,19,23). The molecule has 1 heterocycles. The van der Waals surface area contributed by atoms with Crippen molar-refractivity contribution < 1.29 is 22.8 Å². The lowest BCUT2D eigenvalue weighted by Gasteiger charge is -2.07. The van der Waals surface area contributed by atoms with Crippen LogP contribution in [0.5, 0.6) is 0 Å². The lowest BCUT2D eigenvalue weighted by atomic mass is 10.2. The van der Waals surface area contributed by atoms with Gasteiger partial charge in [-0.1, -0.05) is 0 Å². The van der Waals surface area contributed by atoms with Crippen molar-refractivity contribution in [3.05, 3.63) is 42.2 Å². The Hall–Kier alpha value is -2.84. The number of amides is 2. The van der Waals surface area contributed by atoms with Crippen LogP contribution in [0.1, 0.15) is 12.6 Å². The summed E-state index contributed by atoms with van der Waals surface area (Å²) in [5, 5.41) is 8.39. The van der Waals surface area contributed by atoms with Crippen LogP contribution in [0.3, 0.4) is 0 Å². The second-order valence-electron chi connectivity index (χ2n) is 4.70. The van der Waals surface area contributed by atoms with Crippen LogP contribution in [0.4, 0.5) is 24.5 Å². The third kappa shape index (κ3) is 4.83. The minimum atomic E-state index is -4.54. The number of nitrogens with one attached hydrogen (secondary N) is 2. The van der Waals surface area contributed by atoms with Gasteiger partial charge in [0.1, 0.15) is 6.54 Å². The van der Waals surface area contributed by atoms with Crippen LogP contribution >= 0.6 is 0 Å². The summed E-state index contributed by atoms with van der Waals surface area (Å²) in [6, 6.07) is 7.11.